The summed E-state index contributed by atoms with van der Waals surface area (Å²) in [6.45, 7) is 5.85. The van der Waals surface area contributed by atoms with Crippen molar-refractivity contribution < 1.29 is 19.1 Å². The van der Waals surface area contributed by atoms with E-state index in [1.54, 1.807) is 18.2 Å². The second-order valence-electron chi connectivity index (χ2n) is 8.86. The lowest BCUT2D eigenvalue weighted by atomic mass is 9.91. The maximum atomic E-state index is 13.2. The summed E-state index contributed by atoms with van der Waals surface area (Å²) in [6.07, 6.45) is 0.957. The molecule has 0 saturated carbocycles. The van der Waals surface area contributed by atoms with Gasteiger partial charge in [0.1, 0.15) is 17.3 Å². The van der Waals surface area contributed by atoms with E-state index in [0.29, 0.717) is 35.0 Å². The van der Waals surface area contributed by atoms with E-state index in [-0.39, 0.29) is 23.7 Å². The lowest BCUT2D eigenvalue weighted by molar-refractivity contribution is -0.123. The van der Waals surface area contributed by atoms with Gasteiger partial charge in [-0.1, -0.05) is 13.8 Å². The fourth-order valence-corrected chi connectivity index (χ4v) is 4.69. The Hall–Kier alpha value is -3.56. The number of fused-ring (bicyclic) bond motifs is 1. The zero-order chi connectivity index (χ0) is 23.7. The summed E-state index contributed by atoms with van der Waals surface area (Å²) in [5, 5.41) is 5.44. The molecule has 0 radical (unpaired) electrons. The summed E-state index contributed by atoms with van der Waals surface area (Å²) in [6, 6.07) is 4.96. The average molecular weight is 456 g/mol. The van der Waals surface area contributed by atoms with E-state index in [1.807, 2.05) is 4.90 Å². The molecule has 0 bridgehead atoms. The van der Waals surface area contributed by atoms with Crippen LogP contribution in [-0.2, 0) is 9.59 Å². The van der Waals surface area contributed by atoms with Crippen LogP contribution in [0.1, 0.15) is 38.2 Å². The zero-order valence-corrected chi connectivity index (χ0v) is 19.2. The summed E-state index contributed by atoms with van der Waals surface area (Å²) in [5.41, 5.74) is 0.136. The van der Waals surface area contributed by atoms with Gasteiger partial charge in [-0.05, 0) is 30.4 Å². The Morgan fingerprint density at radius 1 is 1.15 bits per heavy atom. The number of carbonyl (C=O) groups excluding carboxylic acids is 2. The van der Waals surface area contributed by atoms with Gasteiger partial charge in [0.15, 0.2) is 0 Å². The minimum absolute atomic E-state index is 0.137. The Morgan fingerprint density at radius 3 is 2.55 bits per heavy atom. The van der Waals surface area contributed by atoms with Gasteiger partial charge in [-0.3, -0.25) is 19.4 Å². The van der Waals surface area contributed by atoms with Gasteiger partial charge in [0.25, 0.3) is 5.56 Å². The summed E-state index contributed by atoms with van der Waals surface area (Å²) in [7, 11) is 3.01. The predicted molar refractivity (Wildman–Crippen MR) is 124 cm³/mol. The predicted octanol–water partition coefficient (Wildman–Crippen LogP) is 2.33. The molecular formula is C23H29N5O5. The number of anilines is 3. The number of carbonyl (C=O) groups is 2. The molecule has 3 heterocycles. The second-order valence-corrected chi connectivity index (χ2v) is 8.86. The monoisotopic (exact) mass is 455 g/mol. The molecule has 1 fully saturated rings. The van der Waals surface area contributed by atoms with Crippen LogP contribution in [-0.4, -0.2) is 49.1 Å². The van der Waals surface area contributed by atoms with Crippen molar-refractivity contribution in [2.75, 3.05) is 42.8 Å². The highest BCUT2D eigenvalue weighted by Gasteiger charge is 2.36. The second kappa shape index (κ2) is 9.13. The van der Waals surface area contributed by atoms with E-state index in [1.165, 1.54) is 14.2 Å². The first-order valence-electron chi connectivity index (χ1n) is 11.0. The fraction of sp³-hybridized carbons (Fsp3) is 0.478. The largest absolute Gasteiger partial charge is 0.497 e. The standard InChI is InChI=1S/C23H29N5O5/c1-12-7-13(2)11-28(10-12)23-26-20-19(22(31)27-23)15(9-18(29)25-20)21(30)24-16-6-5-14(32-3)8-17(16)33-4/h5-6,8,12-13,15H,7,9-11H2,1-4H3,(H,24,30)(H2,25,26,27,29,31)/t12-,13+,15-/m0/s1. The number of ether oxygens (including phenoxy) is 2. The maximum Gasteiger partial charge on any atom is 0.258 e. The molecule has 176 valence electrons. The normalized spacial score (nSPS) is 22.2. The molecule has 1 aromatic heterocycles. The Labute approximate surface area is 191 Å². The van der Waals surface area contributed by atoms with E-state index >= 15 is 0 Å². The number of benzene rings is 1. The Balaban J connectivity index is 1.64. The van der Waals surface area contributed by atoms with Crippen LogP contribution < -0.4 is 30.6 Å². The van der Waals surface area contributed by atoms with Gasteiger partial charge in [-0.25, -0.2) is 0 Å². The molecule has 4 rings (SSSR count). The number of aromatic amines is 1. The first-order valence-corrected chi connectivity index (χ1v) is 11.0. The van der Waals surface area contributed by atoms with Crippen molar-refractivity contribution >= 4 is 29.3 Å². The molecular weight excluding hydrogens is 426 g/mol. The molecule has 1 aromatic carbocycles. The Kier molecular flexibility index (Phi) is 6.26. The number of hydrogen-bond acceptors (Lipinski definition) is 7. The average Bonchev–Trinajstić information content (AvgIpc) is 2.77. The SMILES string of the molecule is COc1ccc(NC(=O)[C@H]2CC(=O)Nc3nc(N4C[C@H](C)C[C@H](C)C4)[nH]c(=O)c32)c(OC)c1. The van der Waals surface area contributed by atoms with Gasteiger partial charge in [-0.15, -0.1) is 0 Å². The van der Waals surface area contributed by atoms with Crippen LogP contribution in [0.5, 0.6) is 11.5 Å². The molecule has 0 aliphatic carbocycles. The number of nitrogens with zero attached hydrogens (tertiary/aromatic N) is 2. The highest BCUT2D eigenvalue weighted by atomic mass is 16.5. The van der Waals surface area contributed by atoms with Crippen molar-refractivity contribution in [3.05, 3.63) is 34.1 Å². The molecule has 10 nitrogen and oxygen atoms in total. The number of amides is 2. The molecule has 0 spiro atoms. The fourth-order valence-electron chi connectivity index (χ4n) is 4.69. The molecule has 3 atom stereocenters. The number of nitrogens with one attached hydrogen (secondary N) is 3. The first-order chi connectivity index (χ1) is 15.8. The van der Waals surface area contributed by atoms with Crippen molar-refractivity contribution in [3.8, 4) is 11.5 Å². The van der Waals surface area contributed by atoms with Gasteiger partial charge >= 0.3 is 0 Å². The van der Waals surface area contributed by atoms with Crippen LogP contribution in [0, 0.1) is 11.8 Å². The molecule has 2 aliphatic heterocycles. The van der Waals surface area contributed by atoms with Crippen LogP contribution in [0.25, 0.3) is 0 Å². The Bertz CT molecular complexity index is 1120. The number of rotatable bonds is 5. The topological polar surface area (TPSA) is 126 Å². The van der Waals surface area contributed by atoms with Crippen molar-refractivity contribution in [2.45, 2.75) is 32.6 Å². The summed E-state index contributed by atoms with van der Waals surface area (Å²) < 4.78 is 10.5. The summed E-state index contributed by atoms with van der Waals surface area (Å²) in [5.74, 6) is 0.604. The minimum Gasteiger partial charge on any atom is -0.497 e. The van der Waals surface area contributed by atoms with Crippen molar-refractivity contribution in [3.63, 3.8) is 0 Å². The number of hydrogen-bond donors (Lipinski definition) is 3. The van der Waals surface area contributed by atoms with Gasteiger partial charge in [0, 0.05) is 25.6 Å². The third-order valence-corrected chi connectivity index (χ3v) is 6.09. The van der Waals surface area contributed by atoms with E-state index < -0.39 is 17.4 Å². The Morgan fingerprint density at radius 2 is 1.88 bits per heavy atom. The number of methoxy groups -OCH3 is 2. The number of piperidine rings is 1. The van der Waals surface area contributed by atoms with Crippen molar-refractivity contribution in [1.29, 1.82) is 0 Å². The molecule has 0 unspecified atom stereocenters. The molecule has 2 aliphatic rings. The van der Waals surface area contributed by atoms with Gasteiger partial charge in [0.05, 0.1) is 31.4 Å². The molecule has 33 heavy (non-hydrogen) atoms. The van der Waals surface area contributed by atoms with Crippen LogP contribution in [0.3, 0.4) is 0 Å². The highest BCUT2D eigenvalue weighted by molar-refractivity contribution is 6.05. The highest BCUT2D eigenvalue weighted by Crippen LogP contribution is 2.34. The zero-order valence-electron chi connectivity index (χ0n) is 19.2. The summed E-state index contributed by atoms with van der Waals surface area (Å²) in [4.78, 5) is 48.0. The van der Waals surface area contributed by atoms with E-state index in [4.69, 9.17) is 9.47 Å². The van der Waals surface area contributed by atoms with Crippen molar-refractivity contribution in [2.24, 2.45) is 11.8 Å². The van der Waals surface area contributed by atoms with Crippen LogP contribution >= 0.6 is 0 Å². The number of aromatic nitrogens is 2. The van der Waals surface area contributed by atoms with Crippen LogP contribution in [0.4, 0.5) is 17.5 Å². The van der Waals surface area contributed by atoms with Crippen LogP contribution in [0.2, 0.25) is 0 Å². The van der Waals surface area contributed by atoms with E-state index in [0.717, 1.165) is 19.5 Å². The van der Waals surface area contributed by atoms with Crippen molar-refractivity contribution in [1.82, 2.24) is 9.97 Å². The number of H-pyrrole nitrogens is 1. The first kappa shape index (κ1) is 22.6. The molecule has 2 amide bonds. The minimum atomic E-state index is -0.981. The smallest absolute Gasteiger partial charge is 0.258 e. The summed E-state index contributed by atoms with van der Waals surface area (Å²) >= 11 is 0. The van der Waals surface area contributed by atoms with E-state index in [2.05, 4.69) is 34.4 Å². The van der Waals surface area contributed by atoms with Gasteiger partial charge in [-0.2, -0.15) is 4.98 Å². The lowest BCUT2D eigenvalue weighted by Crippen LogP contribution is -2.42. The van der Waals surface area contributed by atoms with Gasteiger partial charge < -0.3 is 25.0 Å². The quantitative estimate of drug-likeness (QED) is 0.632. The molecule has 2 aromatic rings. The molecule has 10 heteroatoms. The molecule has 3 N–H and O–H groups in total. The lowest BCUT2D eigenvalue weighted by Gasteiger charge is -2.35. The maximum absolute atomic E-state index is 13.2. The third-order valence-electron chi connectivity index (χ3n) is 6.09. The molecule has 1 saturated heterocycles. The van der Waals surface area contributed by atoms with Crippen LogP contribution in [0.15, 0.2) is 23.0 Å². The van der Waals surface area contributed by atoms with E-state index in [9.17, 15) is 14.4 Å². The van der Waals surface area contributed by atoms with Gasteiger partial charge in [0.2, 0.25) is 17.8 Å². The third kappa shape index (κ3) is 4.64.